The number of hydrogen-bond donors (Lipinski definition) is 0. The summed E-state index contributed by atoms with van der Waals surface area (Å²) in [5, 5.41) is -1.08. The van der Waals surface area contributed by atoms with Gasteiger partial charge in [0.05, 0.1) is 10.0 Å². The number of rotatable bonds is 1. The molecule has 0 atom stereocenters. The van der Waals surface area contributed by atoms with Gasteiger partial charge in [-0.25, -0.2) is 8.78 Å². The van der Waals surface area contributed by atoms with E-state index in [1.54, 1.807) is 6.92 Å². The van der Waals surface area contributed by atoms with Gasteiger partial charge < -0.3 is 0 Å². The van der Waals surface area contributed by atoms with Crippen LogP contribution in [0.15, 0.2) is 0 Å². The second-order valence-electron chi connectivity index (χ2n) is 2.40. The predicted octanol–water partition coefficient (Wildman–Crippen LogP) is 4.49. The molecule has 0 amide bonds. The summed E-state index contributed by atoms with van der Waals surface area (Å²) < 4.78 is 26.1. The number of halogens is 5. The van der Waals surface area contributed by atoms with Gasteiger partial charge in [0, 0.05) is 0 Å². The minimum absolute atomic E-state index is 0.209. The van der Waals surface area contributed by atoms with Crippen molar-refractivity contribution in [3.05, 3.63) is 32.3 Å². The van der Waals surface area contributed by atoms with Crippen LogP contribution in [0, 0.1) is 11.6 Å². The zero-order chi connectivity index (χ0) is 10.2. The molecule has 0 saturated carbocycles. The minimum Gasteiger partial charge on any atom is -0.204 e. The van der Waals surface area contributed by atoms with Crippen LogP contribution in [0.2, 0.25) is 15.1 Å². The molecule has 0 N–H and O–H groups in total. The van der Waals surface area contributed by atoms with Gasteiger partial charge in [0.25, 0.3) is 0 Å². The van der Waals surface area contributed by atoms with E-state index in [1.165, 1.54) is 0 Å². The van der Waals surface area contributed by atoms with Crippen molar-refractivity contribution in [2.45, 2.75) is 13.3 Å². The number of hydrogen-bond acceptors (Lipinski definition) is 0. The Labute approximate surface area is 89.4 Å². The summed E-state index contributed by atoms with van der Waals surface area (Å²) in [4.78, 5) is 0. The normalized spacial score (nSPS) is 10.6. The van der Waals surface area contributed by atoms with E-state index in [0.717, 1.165) is 0 Å². The molecule has 0 fully saturated rings. The van der Waals surface area contributed by atoms with E-state index in [9.17, 15) is 8.78 Å². The first-order valence-corrected chi connectivity index (χ1v) is 4.64. The summed E-state index contributed by atoms with van der Waals surface area (Å²) >= 11 is 16.4. The largest absolute Gasteiger partial charge is 0.204 e. The van der Waals surface area contributed by atoms with Crippen molar-refractivity contribution < 1.29 is 8.78 Å². The summed E-state index contributed by atoms with van der Waals surface area (Å²) in [6, 6.07) is 0. The zero-order valence-electron chi connectivity index (χ0n) is 6.60. The van der Waals surface area contributed by atoms with Gasteiger partial charge in [0.2, 0.25) is 0 Å². The minimum atomic E-state index is -0.956. The molecule has 5 heteroatoms. The fraction of sp³-hybridized carbons (Fsp3) is 0.250. The fourth-order valence-electron chi connectivity index (χ4n) is 0.961. The summed E-state index contributed by atoms with van der Waals surface area (Å²) in [6.07, 6.45) is 0.350. The van der Waals surface area contributed by atoms with Gasteiger partial charge in [0.15, 0.2) is 11.6 Å². The molecular formula is C8H5Cl3F2. The van der Waals surface area contributed by atoms with Crippen molar-refractivity contribution in [1.29, 1.82) is 0 Å². The molecule has 0 heterocycles. The van der Waals surface area contributed by atoms with E-state index in [1.807, 2.05) is 0 Å². The Kier molecular flexibility index (Phi) is 3.38. The van der Waals surface area contributed by atoms with Crippen molar-refractivity contribution >= 4 is 34.8 Å². The maximum absolute atomic E-state index is 13.1. The van der Waals surface area contributed by atoms with Gasteiger partial charge in [0.1, 0.15) is 5.02 Å². The van der Waals surface area contributed by atoms with E-state index >= 15 is 0 Å². The highest BCUT2D eigenvalue weighted by Gasteiger charge is 2.20. The molecule has 0 unspecified atom stereocenters. The standard InChI is InChI=1S/C8H5Cl3F2/c1-2-3-4(9)7(12)6(11)8(13)5(3)10/h2H2,1H3. The number of benzene rings is 1. The van der Waals surface area contributed by atoms with Gasteiger partial charge in [-0.15, -0.1) is 0 Å². The summed E-state index contributed by atoms with van der Waals surface area (Å²) in [7, 11) is 0. The lowest BCUT2D eigenvalue weighted by atomic mass is 10.1. The highest BCUT2D eigenvalue weighted by Crippen LogP contribution is 2.35. The molecule has 0 aliphatic carbocycles. The van der Waals surface area contributed by atoms with Crippen molar-refractivity contribution in [2.24, 2.45) is 0 Å². The molecule has 0 nitrogen and oxygen atoms in total. The van der Waals surface area contributed by atoms with Gasteiger partial charge >= 0.3 is 0 Å². The molecule has 1 rings (SSSR count). The average molecular weight is 245 g/mol. The van der Waals surface area contributed by atoms with E-state index in [2.05, 4.69) is 0 Å². The van der Waals surface area contributed by atoms with Gasteiger partial charge in [-0.1, -0.05) is 41.7 Å². The molecular weight excluding hydrogens is 240 g/mol. The van der Waals surface area contributed by atoms with Crippen LogP contribution in [0.4, 0.5) is 8.78 Å². The van der Waals surface area contributed by atoms with Crippen LogP contribution in [-0.4, -0.2) is 0 Å². The van der Waals surface area contributed by atoms with Crippen molar-refractivity contribution in [1.82, 2.24) is 0 Å². The van der Waals surface area contributed by atoms with Crippen molar-refractivity contribution in [2.75, 3.05) is 0 Å². The lowest BCUT2D eigenvalue weighted by Crippen LogP contribution is -1.95. The summed E-state index contributed by atoms with van der Waals surface area (Å²) in [6.45, 7) is 1.69. The molecule has 0 spiro atoms. The Morgan fingerprint density at radius 2 is 1.31 bits per heavy atom. The van der Waals surface area contributed by atoms with E-state index in [-0.39, 0.29) is 15.6 Å². The third-order valence-electron chi connectivity index (χ3n) is 1.65. The Morgan fingerprint density at radius 3 is 1.62 bits per heavy atom. The lowest BCUT2D eigenvalue weighted by Gasteiger charge is -2.08. The Bertz CT molecular complexity index is 321. The smallest absolute Gasteiger partial charge is 0.163 e. The van der Waals surface area contributed by atoms with Crippen molar-refractivity contribution in [3.8, 4) is 0 Å². The third-order valence-corrected chi connectivity index (χ3v) is 2.77. The molecule has 0 aliphatic heterocycles. The molecule has 0 bridgehead atoms. The lowest BCUT2D eigenvalue weighted by molar-refractivity contribution is 0.581. The van der Waals surface area contributed by atoms with E-state index in [0.29, 0.717) is 6.42 Å². The third kappa shape index (κ3) is 1.76. The molecule has 13 heavy (non-hydrogen) atoms. The Balaban J connectivity index is 3.56. The SMILES string of the molecule is CCc1c(Cl)c(F)c(Cl)c(F)c1Cl. The van der Waals surface area contributed by atoms with Crippen LogP contribution in [0.1, 0.15) is 12.5 Å². The molecule has 0 saturated heterocycles. The van der Waals surface area contributed by atoms with E-state index < -0.39 is 16.7 Å². The zero-order valence-corrected chi connectivity index (χ0v) is 8.86. The fourth-order valence-corrected chi connectivity index (χ4v) is 1.94. The van der Waals surface area contributed by atoms with Crippen LogP contribution in [0.25, 0.3) is 0 Å². The topological polar surface area (TPSA) is 0 Å². The average Bonchev–Trinajstić information content (AvgIpc) is 2.13. The molecule has 0 radical (unpaired) electrons. The van der Waals surface area contributed by atoms with Crippen LogP contribution in [0.5, 0.6) is 0 Å². The summed E-state index contributed by atoms with van der Waals surface area (Å²) in [5.74, 6) is -1.91. The van der Waals surface area contributed by atoms with Gasteiger partial charge in [-0.2, -0.15) is 0 Å². The monoisotopic (exact) mass is 244 g/mol. The first kappa shape index (κ1) is 11.0. The first-order valence-electron chi connectivity index (χ1n) is 3.51. The van der Waals surface area contributed by atoms with Crippen LogP contribution < -0.4 is 0 Å². The molecule has 1 aromatic rings. The van der Waals surface area contributed by atoms with Crippen molar-refractivity contribution in [3.63, 3.8) is 0 Å². The molecule has 0 aliphatic rings. The van der Waals surface area contributed by atoms with E-state index in [4.69, 9.17) is 34.8 Å². The highest BCUT2D eigenvalue weighted by molar-refractivity contribution is 6.39. The maximum Gasteiger partial charge on any atom is 0.163 e. The highest BCUT2D eigenvalue weighted by atomic mass is 35.5. The summed E-state index contributed by atoms with van der Waals surface area (Å²) in [5.41, 5.74) is 0.239. The Hall–Kier alpha value is -0.0500. The van der Waals surface area contributed by atoms with Crippen LogP contribution in [-0.2, 0) is 6.42 Å². The molecule has 0 aromatic heterocycles. The second kappa shape index (κ2) is 3.99. The molecule has 1 aromatic carbocycles. The first-order chi connectivity index (χ1) is 6.00. The van der Waals surface area contributed by atoms with Crippen LogP contribution in [0.3, 0.4) is 0 Å². The van der Waals surface area contributed by atoms with Gasteiger partial charge in [-0.3, -0.25) is 0 Å². The quantitative estimate of drug-likeness (QED) is 0.505. The Morgan fingerprint density at radius 1 is 0.923 bits per heavy atom. The predicted molar refractivity (Wildman–Crippen MR) is 50.8 cm³/mol. The molecule has 72 valence electrons. The van der Waals surface area contributed by atoms with Gasteiger partial charge in [-0.05, 0) is 12.0 Å². The van der Waals surface area contributed by atoms with Crippen LogP contribution >= 0.6 is 34.8 Å². The second-order valence-corrected chi connectivity index (χ2v) is 3.54. The maximum atomic E-state index is 13.1.